The Morgan fingerprint density at radius 3 is 2.47 bits per heavy atom. The van der Waals surface area contributed by atoms with Crippen molar-refractivity contribution in [2.75, 3.05) is 0 Å². The lowest BCUT2D eigenvalue weighted by atomic mass is 9.96. The van der Waals surface area contributed by atoms with E-state index in [9.17, 15) is 4.79 Å². The van der Waals surface area contributed by atoms with Gasteiger partial charge in [0.15, 0.2) is 0 Å². The van der Waals surface area contributed by atoms with E-state index in [-0.39, 0.29) is 5.78 Å². The van der Waals surface area contributed by atoms with Crippen LogP contribution in [0.4, 0.5) is 0 Å². The summed E-state index contributed by atoms with van der Waals surface area (Å²) < 4.78 is 0. The van der Waals surface area contributed by atoms with Gasteiger partial charge < -0.3 is 4.79 Å². The van der Waals surface area contributed by atoms with Gasteiger partial charge in [0.1, 0.15) is 5.78 Å². The minimum atomic E-state index is 0.253. The molecule has 0 amide bonds. The molecule has 1 aromatic carbocycles. The van der Waals surface area contributed by atoms with Crippen LogP contribution >= 0.6 is 0 Å². The molecule has 0 aliphatic carbocycles. The minimum absolute atomic E-state index is 0.253. The first kappa shape index (κ1) is 11.5. The molecule has 0 unspecified atom stereocenters. The van der Waals surface area contributed by atoms with Crippen molar-refractivity contribution < 1.29 is 4.79 Å². The van der Waals surface area contributed by atoms with Gasteiger partial charge in [-0.05, 0) is 37.0 Å². The van der Waals surface area contributed by atoms with E-state index < -0.39 is 0 Å². The summed E-state index contributed by atoms with van der Waals surface area (Å²) in [5.74, 6) is 3.24. The van der Waals surface area contributed by atoms with Gasteiger partial charge in [0, 0.05) is 12.0 Å². The van der Waals surface area contributed by atoms with Gasteiger partial charge in [0.05, 0.1) is 0 Å². The van der Waals surface area contributed by atoms with Crippen molar-refractivity contribution in [1.82, 2.24) is 0 Å². The topological polar surface area (TPSA) is 17.1 Å². The smallest absolute Gasteiger partial charge is 0.130 e. The molecule has 0 heterocycles. The van der Waals surface area contributed by atoms with Crippen LogP contribution in [0.15, 0.2) is 24.3 Å². The number of ketones is 1. The molecule has 1 heteroatoms. The van der Waals surface area contributed by atoms with Crippen LogP contribution in [0, 0.1) is 18.3 Å². The van der Waals surface area contributed by atoms with E-state index in [1.54, 1.807) is 6.92 Å². The molecule has 0 fully saturated rings. The number of hydrogen-bond donors (Lipinski definition) is 0. The van der Waals surface area contributed by atoms with Crippen molar-refractivity contribution in [3.05, 3.63) is 35.4 Å². The van der Waals surface area contributed by atoms with Crippen molar-refractivity contribution in [3.63, 3.8) is 0 Å². The molecular weight excluding hydrogens is 184 g/mol. The number of benzene rings is 1. The summed E-state index contributed by atoms with van der Waals surface area (Å²) in [4.78, 5) is 10.9. The standard InChI is InChI=1S/C14H16O/c1-4-13-5-7-14(8-6-13)10-11(2)9-12(3)15/h1,5-8,11H,9-10H2,2-3H3/t11-/m1/s1. The summed E-state index contributed by atoms with van der Waals surface area (Å²) in [6.07, 6.45) is 6.86. The lowest BCUT2D eigenvalue weighted by molar-refractivity contribution is -0.117. The van der Waals surface area contributed by atoms with Crippen LogP contribution in [0.5, 0.6) is 0 Å². The lowest BCUT2D eigenvalue weighted by Gasteiger charge is -2.09. The summed E-state index contributed by atoms with van der Waals surface area (Å²) in [5, 5.41) is 0. The second-order valence-corrected chi connectivity index (χ2v) is 4.06. The van der Waals surface area contributed by atoms with Crippen LogP contribution in [0.2, 0.25) is 0 Å². The van der Waals surface area contributed by atoms with E-state index in [1.807, 2.05) is 24.3 Å². The molecule has 0 saturated heterocycles. The Bertz CT molecular complexity index is 367. The molecule has 1 rings (SSSR count). The van der Waals surface area contributed by atoms with Crippen molar-refractivity contribution in [3.8, 4) is 12.3 Å². The van der Waals surface area contributed by atoms with Gasteiger partial charge in [-0.2, -0.15) is 0 Å². The lowest BCUT2D eigenvalue weighted by Crippen LogP contribution is -2.04. The van der Waals surface area contributed by atoms with Crippen molar-refractivity contribution in [2.24, 2.45) is 5.92 Å². The Kier molecular flexibility index (Phi) is 4.12. The summed E-state index contributed by atoms with van der Waals surface area (Å²) in [6.45, 7) is 3.73. The van der Waals surface area contributed by atoms with Crippen LogP contribution in [0.3, 0.4) is 0 Å². The van der Waals surface area contributed by atoms with E-state index in [0.717, 1.165) is 12.0 Å². The second-order valence-electron chi connectivity index (χ2n) is 4.06. The molecule has 0 spiro atoms. The normalized spacial score (nSPS) is 11.8. The maximum Gasteiger partial charge on any atom is 0.130 e. The zero-order chi connectivity index (χ0) is 11.3. The molecule has 1 aromatic rings. The SMILES string of the molecule is C#Cc1ccc(C[C@H](C)CC(C)=O)cc1. The average Bonchev–Trinajstić information content (AvgIpc) is 2.17. The molecule has 0 aliphatic heterocycles. The number of rotatable bonds is 4. The highest BCUT2D eigenvalue weighted by molar-refractivity contribution is 5.75. The predicted octanol–water partition coefficient (Wildman–Crippen LogP) is 2.83. The first-order valence-electron chi connectivity index (χ1n) is 5.17. The highest BCUT2D eigenvalue weighted by Crippen LogP contribution is 2.12. The Balaban J connectivity index is 2.58. The summed E-state index contributed by atoms with van der Waals surface area (Å²) in [5.41, 5.74) is 2.14. The fraction of sp³-hybridized carbons (Fsp3) is 0.357. The highest BCUT2D eigenvalue weighted by atomic mass is 16.1. The Morgan fingerprint density at radius 1 is 1.40 bits per heavy atom. The molecule has 1 nitrogen and oxygen atoms in total. The van der Waals surface area contributed by atoms with Gasteiger partial charge in [-0.25, -0.2) is 0 Å². The fourth-order valence-electron chi connectivity index (χ4n) is 1.70. The molecule has 0 bridgehead atoms. The molecule has 0 aromatic heterocycles. The van der Waals surface area contributed by atoms with Crippen LogP contribution < -0.4 is 0 Å². The van der Waals surface area contributed by atoms with Crippen LogP contribution in [0.25, 0.3) is 0 Å². The van der Waals surface area contributed by atoms with Gasteiger partial charge in [0.2, 0.25) is 0 Å². The second kappa shape index (κ2) is 5.36. The maximum absolute atomic E-state index is 10.9. The summed E-state index contributed by atoms with van der Waals surface area (Å²) >= 11 is 0. The number of carbonyl (C=O) groups excluding carboxylic acids is 1. The predicted molar refractivity (Wildman–Crippen MR) is 62.5 cm³/mol. The Morgan fingerprint density at radius 2 is 2.00 bits per heavy atom. The third kappa shape index (κ3) is 3.99. The Hall–Kier alpha value is -1.55. The van der Waals surface area contributed by atoms with Gasteiger partial charge in [0.25, 0.3) is 0 Å². The quantitative estimate of drug-likeness (QED) is 0.683. The van der Waals surface area contributed by atoms with E-state index in [2.05, 4.69) is 12.8 Å². The monoisotopic (exact) mass is 200 g/mol. The zero-order valence-electron chi connectivity index (χ0n) is 9.29. The van der Waals surface area contributed by atoms with E-state index in [0.29, 0.717) is 12.3 Å². The van der Waals surface area contributed by atoms with Gasteiger partial charge in [-0.15, -0.1) is 6.42 Å². The number of carbonyl (C=O) groups is 1. The highest BCUT2D eigenvalue weighted by Gasteiger charge is 2.06. The van der Waals surface area contributed by atoms with Gasteiger partial charge >= 0.3 is 0 Å². The molecular formula is C14H16O. The fourth-order valence-corrected chi connectivity index (χ4v) is 1.70. The largest absolute Gasteiger partial charge is 0.300 e. The number of hydrogen-bond acceptors (Lipinski definition) is 1. The van der Waals surface area contributed by atoms with Crippen LogP contribution in [-0.4, -0.2) is 5.78 Å². The van der Waals surface area contributed by atoms with Crippen LogP contribution in [0.1, 0.15) is 31.4 Å². The summed E-state index contributed by atoms with van der Waals surface area (Å²) in [6, 6.07) is 7.95. The first-order valence-corrected chi connectivity index (χ1v) is 5.17. The van der Waals surface area contributed by atoms with Crippen molar-refractivity contribution >= 4 is 5.78 Å². The van der Waals surface area contributed by atoms with E-state index in [4.69, 9.17) is 6.42 Å². The maximum atomic E-state index is 10.9. The number of terminal acetylenes is 1. The number of Topliss-reactive ketones (excluding diaryl/α,β-unsaturated/α-hetero) is 1. The molecule has 0 N–H and O–H groups in total. The molecule has 0 saturated carbocycles. The van der Waals surface area contributed by atoms with Crippen molar-refractivity contribution in [1.29, 1.82) is 0 Å². The van der Waals surface area contributed by atoms with Gasteiger partial charge in [-0.3, -0.25) is 0 Å². The average molecular weight is 200 g/mol. The van der Waals surface area contributed by atoms with Crippen LogP contribution in [-0.2, 0) is 11.2 Å². The minimum Gasteiger partial charge on any atom is -0.300 e. The molecule has 78 valence electrons. The Labute approximate surface area is 91.5 Å². The third-order valence-corrected chi connectivity index (χ3v) is 2.34. The van der Waals surface area contributed by atoms with Gasteiger partial charge in [-0.1, -0.05) is 25.0 Å². The van der Waals surface area contributed by atoms with E-state index >= 15 is 0 Å². The molecule has 0 aliphatic rings. The van der Waals surface area contributed by atoms with Crippen molar-refractivity contribution in [2.45, 2.75) is 26.7 Å². The zero-order valence-corrected chi connectivity index (χ0v) is 9.29. The van der Waals surface area contributed by atoms with E-state index in [1.165, 1.54) is 5.56 Å². The third-order valence-electron chi connectivity index (χ3n) is 2.34. The summed E-state index contributed by atoms with van der Waals surface area (Å²) in [7, 11) is 0. The molecule has 15 heavy (non-hydrogen) atoms. The first-order chi connectivity index (χ1) is 7.11. The molecule has 0 radical (unpaired) electrons. The molecule has 1 atom stereocenters.